The first kappa shape index (κ1) is 23.0. The first-order valence-corrected chi connectivity index (χ1v) is 11.7. The fraction of sp³-hybridized carbons (Fsp3) is 0.125. The van der Waals surface area contributed by atoms with Crippen LogP contribution in [0.15, 0.2) is 77.7 Å². The lowest BCUT2D eigenvalue weighted by atomic mass is 10.1. The third-order valence-corrected chi connectivity index (χ3v) is 7.22. The average Bonchev–Trinajstić information content (AvgIpc) is 2.84. The van der Waals surface area contributed by atoms with Gasteiger partial charge in [-0.3, -0.25) is 9.69 Å². The molecule has 2 N–H and O–H groups in total. The Morgan fingerprint density at radius 1 is 0.912 bits per heavy atom. The van der Waals surface area contributed by atoms with Gasteiger partial charge in [-0.2, -0.15) is 0 Å². The van der Waals surface area contributed by atoms with E-state index in [1.807, 2.05) is 30.3 Å². The maximum absolute atomic E-state index is 13.3. The molecule has 0 fully saturated rings. The Morgan fingerprint density at radius 3 is 2.21 bits per heavy atom. The molecule has 1 aliphatic rings. The quantitative estimate of drug-likeness (QED) is 0.560. The molecule has 0 spiro atoms. The molecule has 3 aromatic carbocycles. The molecule has 0 unspecified atom stereocenters. The number of anilines is 1. The fourth-order valence-electron chi connectivity index (χ4n) is 3.58. The summed E-state index contributed by atoms with van der Waals surface area (Å²) in [6, 6.07) is 18.3. The number of carbonyl (C=O) groups excluding carboxylic acids is 2. The highest BCUT2D eigenvalue weighted by atomic mass is 32.2. The van der Waals surface area contributed by atoms with Crippen LogP contribution in [0.25, 0.3) is 0 Å². The second-order valence-electron chi connectivity index (χ2n) is 7.71. The topological polar surface area (TPSA) is 124 Å². The van der Waals surface area contributed by atoms with Crippen molar-refractivity contribution in [1.29, 1.82) is 0 Å². The van der Waals surface area contributed by atoms with Crippen LogP contribution in [0.4, 0.5) is 10.5 Å². The molecule has 34 heavy (non-hydrogen) atoms. The number of nitrogens with one attached hydrogen (secondary N) is 1. The Hall–Kier alpha value is -4.18. The van der Waals surface area contributed by atoms with Crippen molar-refractivity contribution in [2.24, 2.45) is 0 Å². The number of sulfonamides is 1. The molecule has 3 amide bonds. The van der Waals surface area contributed by atoms with Crippen LogP contribution in [0.3, 0.4) is 0 Å². The van der Waals surface area contributed by atoms with E-state index in [2.05, 4.69) is 5.32 Å². The number of nitrogens with zero attached hydrogens (tertiary/aromatic N) is 2. The Morgan fingerprint density at radius 2 is 1.56 bits per heavy atom. The minimum absolute atomic E-state index is 0.0465. The van der Waals surface area contributed by atoms with Crippen molar-refractivity contribution in [3.8, 4) is 0 Å². The van der Waals surface area contributed by atoms with Crippen LogP contribution < -0.4 is 10.2 Å². The van der Waals surface area contributed by atoms with E-state index in [1.165, 1.54) is 54.4 Å². The normalized spacial score (nSPS) is 14.4. The first-order valence-electron chi connectivity index (χ1n) is 10.3. The maximum atomic E-state index is 13.3. The highest BCUT2D eigenvalue weighted by Gasteiger charge is 2.40. The van der Waals surface area contributed by atoms with Crippen molar-refractivity contribution in [2.45, 2.75) is 18.0 Å². The van der Waals surface area contributed by atoms with Crippen LogP contribution in [0.1, 0.15) is 31.8 Å². The largest absolute Gasteiger partial charge is 0.478 e. The van der Waals surface area contributed by atoms with Gasteiger partial charge in [0.25, 0.3) is 15.9 Å². The van der Waals surface area contributed by atoms with Crippen molar-refractivity contribution in [3.63, 3.8) is 0 Å². The smallest absolute Gasteiger partial charge is 0.338 e. The molecule has 174 valence electrons. The van der Waals surface area contributed by atoms with Crippen molar-refractivity contribution in [2.75, 3.05) is 11.9 Å². The third-order valence-electron chi connectivity index (χ3n) is 5.47. The number of hydrogen-bond donors (Lipinski definition) is 2. The van der Waals surface area contributed by atoms with Crippen LogP contribution in [0.5, 0.6) is 0 Å². The molecule has 4 rings (SSSR count). The molecule has 0 radical (unpaired) electrons. The van der Waals surface area contributed by atoms with E-state index in [-0.39, 0.29) is 34.8 Å². The molecule has 1 heterocycles. The number of fused-ring (bicyclic) bond motifs is 1. The van der Waals surface area contributed by atoms with Gasteiger partial charge in [-0.25, -0.2) is 22.3 Å². The summed E-state index contributed by atoms with van der Waals surface area (Å²) in [4.78, 5) is 37.6. The van der Waals surface area contributed by atoms with Gasteiger partial charge in [-0.15, -0.1) is 0 Å². The van der Waals surface area contributed by atoms with E-state index < -0.39 is 27.9 Å². The van der Waals surface area contributed by atoms with E-state index in [9.17, 15) is 22.8 Å². The number of carboxylic acids is 1. The lowest BCUT2D eigenvalue weighted by Gasteiger charge is -2.34. The summed E-state index contributed by atoms with van der Waals surface area (Å²) in [7, 11) is -2.82. The number of carbonyl (C=O) groups is 3. The van der Waals surface area contributed by atoms with E-state index in [1.54, 1.807) is 0 Å². The van der Waals surface area contributed by atoms with Crippen LogP contribution >= 0.6 is 0 Å². The minimum atomic E-state index is -4.27. The number of benzene rings is 3. The van der Waals surface area contributed by atoms with Crippen molar-refractivity contribution >= 4 is 33.6 Å². The highest BCUT2D eigenvalue weighted by molar-refractivity contribution is 7.90. The lowest BCUT2D eigenvalue weighted by molar-refractivity contribution is 0.0696. The van der Waals surface area contributed by atoms with Gasteiger partial charge in [0.2, 0.25) is 0 Å². The zero-order chi connectivity index (χ0) is 24.5. The Bertz CT molecular complexity index is 1370. The van der Waals surface area contributed by atoms with Crippen LogP contribution in [0, 0.1) is 0 Å². The Labute approximate surface area is 196 Å². The van der Waals surface area contributed by atoms with Crippen LogP contribution in [-0.2, 0) is 23.1 Å². The molecule has 0 saturated carbocycles. The standard InChI is InChI=1S/C24H21N3O6S/c1-26-20-12-11-19(22(28)25-14-16-5-3-2-4-6-16)13-21(20)34(32,33)27(24(26)31)15-17-7-9-18(10-8-17)23(29)30/h2-13H,14-15H2,1H3,(H,25,28)(H,29,30). The number of urea groups is 1. The summed E-state index contributed by atoms with van der Waals surface area (Å²) >= 11 is 0. The number of aromatic carboxylic acids is 1. The van der Waals surface area contributed by atoms with Crippen LogP contribution in [0.2, 0.25) is 0 Å². The predicted octanol–water partition coefficient (Wildman–Crippen LogP) is 3.08. The molecular formula is C24H21N3O6S. The molecule has 0 saturated heterocycles. The zero-order valence-electron chi connectivity index (χ0n) is 18.1. The minimum Gasteiger partial charge on any atom is -0.478 e. The summed E-state index contributed by atoms with van der Waals surface area (Å²) in [5, 5.41) is 11.8. The second-order valence-corrected chi connectivity index (χ2v) is 9.54. The highest BCUT2D eigenvalue weighted by Crippen LogP contribution is 2.35. The van der Waals surface area contributed by atoms with Gasteiger partial charge in [0.15, 0.2) is 0 Å². The monoisotopic (exact) mass is 479 g/mol. The third kappa shape index (κ3) is 4.35. The van der Waals surface area contributed by atoms with Gasteiger partial charge < -0.3 is 10.4 Å². The molecule has 0 aliphatic carbocycles. The molecule has 1 aliphatic heterocycles. The van der Waals surface area contributed by atoms with Gasteiger partial charge in [0.05, 0.1) is 17.8 Å². The molecule has 3 aromatic rings. The maximum Gasteiger partial charge on any atom is 0.338 e. The summed E-state index contributed by atoms with van der Waals surface area (Å²) in [5.74, 6) is -1.56. The SMILES string of the molecule is CN1C(=O)N(Cc2ccc(C(=O)O)cc2)S(=O)(=O)c2cc(C(=O)NCc3ccccc3)ccc21. The van der Waals surface area contributed by atoms with Crippen molar-refractivity contribution < 1.29 is 27.9 Å². The summed E-state index contributed by atoms with van der Waals surface area (Å²) in [5.41, 5.74) is 1.70. The zero-order valence-corrected chi connectivity index (χ0v) is 19.0. The van der Waals surface area contributed by atoms with E-state index in [0.717, 1.165) is 5.56 Å². The van der Waals surface area contributed by atoms with Gasteiger partial charge in [0.1, 0.15) is 4.90 Å². The van der Waals surface area contributed by atoms with Crippen molar-refractivity contribution in [3.05, 3.63) is 95.1 Å². The first-order chi connectivity index (χ1) is 16.2. The van der Waals surface area contributed by atoms with E-state index in [0.29, 0.717) is 9.87 Å². The lowest BCUT2D eigenvalue weighted by Crippen LogP contribution is -2.48. The van der Waals surface area contributed by atoms with Gasteiger partial charge in [-0.1, -0.05) is 42.5 Å². The second kappa shape index (κ2) is 8.99. The number of rotatable bonds is 6. The molecular weight excluding hydrogens is 458 g/mol. The van der Waals surface area contributed by atoms with Gasteiger partial charge in [-0.05, 0) is 41.5 Å². The van der Waals surface area contributed by atoms with Crippen molar-refractivity contribution in [1.82, 2.24) is 9.62 Å². The predicted molar refractivity (Wildman–Crippen MR) is 124 cm³/mol. The van der Waals surface area contributed by atoms with E-state index in [4.69, 9.17) is 5.11 Å². The van der Waals surface area contributed by atoms with Crippen LogP contribution in [-0.4, -0.2) is 42.8 Å². The van der Waals surface area contributed by atoms with E-state index >= 15 is 0 Å². The average molecular weight is 480 g/mol. The van der Waals surface area contributed by atoms with Gasteiger partial charge >= 0.3 is 12.0 Å². The molecule has 0 bridgehead atoms. The van der Waals surface area contributed by atoms with Gasteiger partial charge in [0, 0.05) is 19.2 Å². The summed E-state index contributed by atoms with van der Waals surface area (Å²) in [6.07, 6.45) is 0. The number of amides is 3. The number of hydrogen-bond acceptors (Lipinski definition) is 5. The molecule has 0 atom stereocenters. The summed E-state index contributed by atoms with van der Waals surface area (Å²) in [6.45, 7) is -0.00433. The Kier molecular flexibility index (Phi) is 6.08. The fourth-order valence-corrected chi connectivity index (χ4v) is 5.21. The molecule has 10 heteroatoms. The molecule has 0 aromatic heterocycles. The molecule has 9 nitrogen and oxygen atoms in total. The Balaban J connectivity index is 1.61. The number of carboxylic acid groups (broad SMARTS) is 1. The summed E-state index contributed by atoms with van der Waals surface area (Å²) < 4.78 is 27.4.